The van der Waals surface area contributed by atoms with Gasteiger partial charge in [-0.25, -0.2) is 9.71 Å². The first-order valence-electron chi connectivity index (χ1n) is 3.36. The van der Waals surface area contributed by atoms with Gasteiger partial charge >= 0.3 is 0 Å². The minimum Gasteiger partial charge on any atom is -0.255 e. The van der Waals surface area contributed by atoms with E-state index in [0.29, 0.717) is 5.02 Å². The predicted molar refractivity (Wildman–Crippen MR) is 50.8 cm³/mol. The van der Waals surface area contributed by atoms with Crippen molar-refractivity contribution < 1.29 is 8.42 Å². The van der Waals surface area contributed by atoms with E-state index in [-0.39, 0.29) is 5.82 Å². The molecule has 0 fully saturated rings. The van der Waals surface area contributed by atoms with Crippen molar-refractivity contribution >= 4 is 27.6 Å². The lowest BCUT2D eigenvalue weighted by Crippen LogP contribution is -2.26. The van der Waals surface area contributed by atoms with Crippen LogP contribution in [0, 0.1) is 0 Å². The van der Waals surface area contributed by atoms with Crippen molar-refractivity contribution in [1.29, 1.82) is 0 Å². The van der Waals surface area contributed by atoms with Crippen molar-refractivity contribution in [3.05, 3.63) is 23.4 Å². The van der Waals surface area contributed by atoms with Gasteiger partial charge in [-0.15, -0.1) is 0 Å². The number of anilines is 1. The molecule has 0 amide bonds. The van der Waals surface area contributed by atoms with Crippen LogP contribution in [0.5, 0.6) is 0 Å². The Morgan fingerprint density at radius 1 is 1.54 bits per heavy atom. The fourth-order valence-electron chi connectivity index (χ4n) is 0.649. The molecule has 0 aliphatic rings. The molecule has 0 saturated carbocycles. The van der Waals surface area contributed by atoms with E-state index in [1.165, 1.54) is 19.3 Å². The minimum absolute atomic E-state index is 0.182. The standard InChI is InChI=1S/C6H8ClN3O2S/c1-8-13(11,12)10-6-4-5(7)2-3-9-6/h2-4,8H,1H3,(H,9,10). The number of halogens is 1. The molecule has 72 valence electrons. The molecule has 0 aromatic carbocycles. The molecule has 5 nitrogen and oxygen atoms in total. The molecule has 13 heavy (non-hydrogen) atoms. The van der Waals surface area contributed by atoms with E-state index in [4.69, 9.17) is 11.6 Å². The molecule has 1 aromatic rings. The van der Waals surface area contributed by atoms with Gasteiger partial charge in [-0.1, -0.05) is 11.6 Å². The van der Waals surface area contributed by atoms with Crippen molar-refractivity contribution in [2.45, 2.75) is 0 Å². The topological polar surface area (TPSA) is 71.1 Å². The van der Waals surface area contributed by atoms with Gasteiger partial charge in [0.1, 0.15) is 5.82 Å². The van der Waals surface area contributed by atoms with Crippen molar-refractivity contribution in [3.8, 4) is 0 Å². The first kappa shape index (κ1) is 10.2. The average Bonchev–Trinajstić information content (AvgIpc) is 2.03. The highest BCUT2D eigenvalue weighted by atomic mass is 35.5. The molecule has 0 bridgehead atoms. The molecule has 1 heterocycles. The van der Waals surface area contributed by atoms with Crippen LogP contribution in [0.2, 0.25) is 5.02 Å². The third-order valence-corrected chi connectivity index (χ3v) is 2.48. The normalized spacial score (nSPS) is 11.2. The van der Waals surface area contributed by atoms with E-state index in [9.17, 15) is 8.42 Å². The summed E-state index contributed by atoms with van der Waals surface area (Å²) in [7, 11) is -2.21. The van der Waals surface area contributed by atoms with Crippen molar-refractivity contribution in [2.24, 2.45) is 0 Å². The minimum atomic E-state index is -3.51. The molecule has 1 aromatic heterocycles. The third kappa shape index (κ3) is 3.17. The molecule has 0 saturated heterocycles. The first-order chi connectivity index (χ1) is 6.03. The lowest BCUT2D eigenvalue weighted by molar-refractivity contribution is 0.593. The maximum Gasteiger partial charge on any atom is 0.300 e. The Kier molecular flexibility index (Phi) is 3.07. The average molecular weight is 222 g/mol. The number of hydrogen-bond donors (Lipinski definition) is 2. The summed E-state index contributed by atoms with van der Waals surface area (Å²) in [5.74, 6) is 0.182. The van der Waals surface area contributed by atoms with Crippen LogP contribution in [-0.2, 0) is 10.2 Å². The molecule has 0 radical (unpaired) electrons. The van der Waals surface area contributed by atoms with Crippen molar-refractivity contribution in [1.82, 2.24) is 9.71 Å². The molecule has 0 atom stereocenters. The van der Waals surface area contributed by atoms with Crippen molar-refractivity contribution in [3.63, 3.8) is 0 Å². The Morgan fingerprint density at radius 3 is 2.77 bits per heavy atom. The van der Waals surface area contributed by atoms with Gasteiger partial charge in [-0.2, -0.15) is 8.42 Å². The zero-order valence-electron chi connectivity index (χ0n) is 6.78. The Hall–Kier alpha value is -0.850. The predicted octanol–water partition coefficient (Wildman–Crippen LogP) is 0.611. The van der Waals surface area contributed by atoms with Gasteiger partial charge in [0.25, 0.3) is 10.2 Å². The monoisotopic (exact) mass is 221 g/mol. The van der Waals surface area contributed by atoms with Gasteiger partial charge in [-0.3, -0.25) is 4.72 Å². The lowest BCUT2D eigenvalue weighted by Gasteiger charge is -2.04. The summed E-state index contributed by atoms with van der Waals surface area (Å²) in [4.78, 5) is 3.76. The zero-order valence-corrected chi connectivity index (χ0v) is 8.35. The van der Waals surface area contributed by atoms with E-state index in [2.05, 4.69) is 14.4 Å². The Labute approximate surface area is 81.3 Å². The van der Waals surface area contributed by atoms with Gasteiger partial charge in [0, 0.05) is 24.3 Å². The zero-order chi connectivity index (χ0) is 9.90. The van der Waals surface area contributed by atoms with Crippen LogP contribution in [-0.4, -0.2) is 20.4 Å². The van der Waals surface area contributed by atoms with E-state index < -0.39 is 10.2 Å². The van der Waals surface area contributed by atoms with Gasteiger partial charge in [0.2, 0.25) is 0 Å². The molecule has 0 aliphatic heterocycles. The van der Waals surface area contributed by atoms with Crippen LogP contribution >= 0.6 is 11.6 Å². The van der Waals surface area contributed by atoms with Gasteiger partial charge in [-0.05, 0) is 6.07 Å². The molecular weight excluding hydrogens is 214 g/mol. The SMILES string of the molecule is CNS(=O)(=O)Nc1cc(Cl)ccn1. The number of hydrogen-bond acceptors (Lipinski definition) is 3. The molecule has 0 unspecified atom stereocenters. The fourth-order valence-corrected chi connectivity index (χ4v) is 1.30. The number of nitrogens with zero attached hydrogens (tertiary/aromatic N) is 1. The second-order valence-corrected chi connectivity index (χ2v) is 4.22. The molecule has 0 spiro atoms. The summed E-state index contributed by atoms with van der Waals surface area (Å²) >= 11 is 5.62. The highest BCUT2D eigenvalue weighted by Crippen LogP contribution is 2.12. The summed E-state index contributed by atoms with van der Waals surface area (Å²) in [6.45, 7) is 0. The van der Waals surface area contributed by atoms with Crippen LogP contribution in [0.25, 0.3) is 0 Å². The van der Waals surface area contributed by atoms with Crippen LogP contribution in [0.1, 0.15) is 0 Å². The highest BCUT2D eigenvalue weighted by Gasteiger charge is 2.06. The summed E-state index contributed by atoms with van der Waals surface area (Å²) in [5, 5.41) is 0.420. The number of rotatable bonds is 3. The van der Waals surface area contributed by atoms with E-state index in [1.807, 2.05) is 0 Å². The quantitative estimate of drug-likeness (QED) is 0.786. The lowest BCUT2D eigenvalue weighted by atomic mass is 10.5. The van der Waals surface area contributed by atoms with Gasteiger partial charge in [0.15, 0.2) is 0 Å². The number of pyridine rings is 1. The molecule has 7 heteroatoms. The smallest absolute Gasteiger partial charge is 0.255 e. The summed E-state index contributed by atoms with van der Waals surface area (Å²) in [6, 6.07) is 2.97. The maximum atomic E-state index is 11.0. The molecule has 2 N–H and O–H groups in total. The number of nitrogens with one attached hydrogen (secondary N) is 2. The second-order valence-electron chi connectivity index (χ2n) is 2.17. The Bertz CT molecular complexity index is 393. The molecule has 0 aliphatic carbocycles. The third-order valence-electron chi connectivity index (χ3n) is 1.23. The fraction of sp³-hybridized carbons (Fsp3) is 0.167. The van der Waals surface area contributed by atoms with Crippen LogP contribution in [0.3, 0.4) is 0 Å². The Balaban J connectivity index is 2.87. The van der Waals surface area contributed by atoms with Crippen LogP contribution < -0.4 is 9.44 Å². The van der Waals surface area contributed by atoms with Crippen LogP contribution in [0.15, 0.2) is 18.3 Å². The Morgan fingerprint density at radius 2 is 2.23 bits per heavy atom. The van der Waals surface area contributed by atoms with E-state index in [0.717, 1.165) is 0 Å². The summed E-state index contributed by atoms with van der Waals surface area (Å²) < 4.78 is 26.2. The van der Waals surface area contributed by atoms with E-state index >= 15 is 0 Å². The van der Waals surface area contributed by atoms with Crippen molar-refractivity contribution in [2.75, 3.05) is 11.8 Å². The van der Waals surface area contributed by atoms with Gasteiger partial charge in [0.05, 0.1) is 0 Å². The second kappa shape index (κ2) is 3.91. The molecular formula is C6H8ClN3O2S. The number of aromatic nitrogens is 1. The summed E-state index contributed by atoms with van der Waals surface area (Å²) in [6.07, 6.45) is 1.41. The van der Waals surface area contributed by atoms with E-state index in [1.54, 1.807) is 6.07 Å². The highest BCUT2D eigenvalue weighted by molar-refractivity contribution is 7.90. The largest absolute Gasteiger partial charge is 0.300 e. The van der Waals surface area contributed by atoms with Gasteiger partial charge < -0.3 is 0 Å². The summed E-state index contributed by atoms with van der Waals surface area (Å²) in [5.41, 5.74) is 0. The molecule has 1 rings (SSSR count). The van der Waals surface area contributed by atoms with Crippen LogP contribution in [0.4, 0.5) is 5.82 Å². The first-order valence-corrected chi connectivity index (χ1v) is 5.22. The maximum absolute atomic E-state index is 11.0.